The Morgan fingerprint density at radius 3 is 2.61 bits per heavy atom. The van der Waals surface area contributed by atoms with E-state index in [-0.39, 0.29) is 30.6 Å². The summed E-state index contributed by atoms with van der Waals surface area (Å²) in [6.07, 6.45) is 2.50. The van der Waals surface area contributed by atoms with Crippen LogP contribution in [0, 0.1) is 5.92 Å². The van der Waals surface area contributed by atoms with Gasteiger partial charge in [0.15, 0.2) is 9.84 Å². The quantitative estimate of drug-likeness (QED) is 0.746. The van der Waals surface area contributed by atoms with Gasteiger partial charge < -0.3 is 10.6 Å². The normalized spacial score (nSPS) is 14.4. The molecular formula is C16H25ClN2O3S. The lowest BCUT2D eigenvalue weighted by Crippen LogP contribution is -2.29. The van der Waals surface area contributed by atoms with Crippen molar-refractivity contribution in [2.24, 2.45) is 5.92 Å². The smallest absolute Gasteiger partial charge is 0.238 e. The first-order valence-electron chi connectivity index (χ1n) is 7.68. The Morgan fingerprint density at radius 1 is 1.30 bits per heavy atom. The van der Waals surface area contributed by atoms with Crippen molar-refractivity contribution in [2.75, 3.05) is 18.4 Å². The van der Waals surface area contributed by atoms with E-state index in [2.05, 4.69) is 10.6 Å². The molecule has 2 N–H and O–H groups in total. The van der Waals surface area contributed by atoms with Gasteiger partial charge in [0.05, 0.1) is 17.5 Å². The summed E-state index contributed by atoms with van der Waals surface area (Å²) in [4.78, 5) is 11.8. The largest absolute Gasteiger partial charge is 0.325 e. The number of carbonyl (C=O) groups excluding carboxylic acids is 1. The molecule has 0 aromatic heterocycles. The molecule has 0 heterocycles. The van der Waals surface area contributed by atoms with Crippen LogP contribution in [-0.2, 0) is 20.4 Å². The fraction of sp³-hybridized carbons (Fsp3) is 0.562. The molecule has 2 rings (SSSR count). The van der Waals surface area contributed by atoms with Gasteiger partial charge in [-0.3, -0.25) is 4.79 Å². The summed E-state index contributed by atoms with van der Waals surface area (Å²) in [6, 6.07) is 7.02. The number of carbonyl (C=O) groups is 1. The minimum atomic E-state index is -3.14. The van der Waals surface area contributed by atoms with Crippen molar-refractivity contribution in [2.45, 2.75) is 37.7 Å². The molecule has 0 radical (unpaired) electrons. The average molecular weight is 361 g/mol. The first kappa shape index (κ1) is 19.9. The Bertz CT molecular complexity index is 628. The van der Waals surface area contributed by atoms with Gasteiger partial charge in [0.1, 0.15) is 0 Å². The Kier molecular flexibility index (Phi) is 7.51. The van der Waals surface area contributed by atoms with Crippen molar-refractivity contribution >= 4 is 33.8 Å². The number of hydrogen-bond acceptors (Lipinski definition) is 4. The molecule has 1 fully saturated rings. The maximum atomic E-state index is 11.9. The second kappa shape index (κ2) is 8.66. The fourth-order valence-corrected chi connectivity index (χ4v) is 3.03. The van der Waals surface area contributed by atoms with Crippen molar-refractivity contribution in [3.63, 3.8) is 0 Å². The van der Waals surface area contributed by atoms with Crippen LogP contribution in [0.5, 0.6) is 0 Å². The number of halogens is 1. The SMILES string of the molecule is CC(C)S(=O)(=O)Cc1cccc(NC(=O)CNCC2CC2)c1.Cl. The van der Waals surface area contributed by atoms with Gasteiger partial charge in [-0.25, -0.2) is 8.42 Å². The van der Waals surface area contributed by atoms with Gasteiger partial charge in [-0.2, -0.15) is 0 Å². The van der Waals surface area contributed by atoms with Crippen molar-refractivity contribution in [3.8, 4) is 0 Å². The highest BCUT2D eigenvalue weighted by Gasteiger charge is 2.20. The van der Waals surface area contributed by atoms with E-state index in [0.29, 0.717) is 11.3 Å². The van der Waals surface area contributed by atoms with Crippen LogP contribution in [0.4, 0.5) is 5.69 Å². The standard InChI is InChI=1S/C16H24N2O3S.ClH/c1-12(2)22(20,21)11-14-4-3-5-15(8-14)18-16(19)10-17-9-13-6-7-13;/h3-5,8,12-13,17H,6-7,9-11H2,1-2H3,(H,18,19);1H. The summed E-state index contributed by atoms with van der Waals surface area (Å²) < 4.78 is 23.9. The lowest BCUT2D eigenvalue weighted by molar-refractivity contribution is -0.115. The minimum absolute atomic E-state index is 0. The predicted molar refractivity (Wildman–Crippen MR) is 95.7 cm³/mol. The molecular weight excluding hydrogens is 336 g/mol. The highest BCUT2D eigenvalue weighted by atomic mass is 35.5. The Hall–Kier alpha value is -1.11. The minimum Gasteiger partial charge on any atom is -0.325 e. The second-order valence-corrected chi connectivity index (χ2v) is 8.74. The molecule has 23 heavy (non-hydrogen) atoms. The summed E-state index contributed by atoms with van der Waals surface area (Å²) in [5.74, 6) is 0.621. The van der Waals surface area contributed by atoms with E-state index in [1.54, 1.807) is 38.1 Å². The highest BCUT2D eigenvalue weighted by molar-refractivity contribution is 7.91. The Morgan fingerprint density at radius 2 is 2.00 bits per heavy atom. The molecule has 1 aliphatic carbocycles. The van der Waals surface area contributed by atoms with Crippen molar-refractivity contribution < 1.29 is 13.2 Å². The highest BCUT2D eigenvalue weighted by Crippen LogP contribution is 2.27. The van der Waals surface area contributed by atoms with E-state index in [1.807, 2.05) is 0 Å². The molecule has 0 spiro atoms. The topological polar surface area (TPSA) is 75.3 Å². The van der Waals surface area contributed by atoms with Crippen LogP contribution in [0.25, 0.3) is 0 Å². The Labute approximate surface area is 144 Å². The number of anilines is 1. The van der Waals surface area contributed by atoms with Gasteiger partial charge in [0, 0.05) is 5.69 Å². The molecule has 1 saturated carbocycles. The van der Waals surface area contributed by atoms with Crippen LogP contribution in [-0.4, -0.2) is 32.7 Å². The number of rotatable bonds is 8. The lowest BCUT2D eigenvalue weighted by atomic mass is 10.2. The van der Waals surface area contributed by atoms with E-state index in [0.717, 1.165) is 12.5 Å². The summed E-state index contributed by atoms with van der Waals surface area (Å²) in [7, 11) is -3.14. The Balaban J connectivity index is 0.00000264. The van der Waals surface area contributed by atoms with Crippen molar-refractivity contribution in [1.82, 2.24) is 5.32 Å². The van der Waals surface area contributed by atoms with Crippen LogP contribution in [0.15, 0.2) is 24.3 Å². The van der Waals surface area contributed by atoms with Gasteiger partial charge >= 0.3 is 0 Å². The van der Waals surface area contributed by atoms with Crippen LogP contribution >= 0.6 is 12.4 Å². The fourth-order valence-electron chi connectivity index (χ4n) is 2.05. The molecule has 1 aromatic rings. The monoisotopic (exact) mass is 360 g/mol. The maximum absolute atomic E-state index is 11.9. The predicted octanol–water partition coefficient (Wildman–Crippen LogP) is 2.37. The number of sulfone groups is 1. The van der Waals surface area contributed by atoms with Crippen LogP contribution in [0.1, 0.15) is 32.3 Å². The van der Waals surface area contributed by atoms with Crippen LogP contribution < -0.4 is 10.6 Å². The number of amides is 1. The second-order valence-electron chi connectivity index (χ2n) is 6.18. The van der Waals surface area contributed by atoms with E-state index in [9.17, 15) is 13.2 Å². The van der Waals surface area contributed by atoms with Gasteiger partial charge in [-0.05, 0) is 56.8 Å². The molecule has 0 bridgehead atoms. The molecule has 0 atom stereocenters. The molecule has 5 nitrogen and oxygen atoms in total. The van der Waals surface area contributed by atoms with Gasteiger partial charge in [-0.15, -0.1) is 12.4 Å². The first-order chi connectivity index (χ1) is 10.4. The lowest BCUT2D eigenvalue weighted by Gasteiger charge is -2.10. The maximum Gasteiger partial charge on any atom is 0.238 e. The van der Waals surface area contributed by atoms with Crippen LogP contribution in [0.2, 0.25) is 0 Å². The average Bonchev–Trinajstić information content (AvgIpc) is 3.22. The van der Waals surface area contributed by atoms with Crippen molar-refractivity contribution in [3.05, 3.63) is 29.8 Å². The van der Waals surface area contributed by atoms with E-state index < -0.39 is 15.1 Å². The molecule has 0 saturated heterocycles. The summed E-state index contributed by atoms with van der Waals surface area (Å²) >= 11 is 0. The third-order valence-electron chi connectivity index (χ3n) is 3.71. The first-order valence-corrected chi connectivity index (χ1v) is 9.39. The summed E-state index contributed by atoms with van der Waals surface area (Å²) in [5, 5.41) is 5.52. The zero-order valence-corrected chi connectivity index (χ0v) is 15.2. The molecule has 1 amide bonds. The van der Waals surface area contributed by atoms with Gasteiger partial charge in [0.2, 0.25) is 5.91 Å². The van der Waals surface area contributed by atoms with E-state index in [4.69, 9.17) is 0 Å². The van der Waals surface area contributed by atoms with Gasteiger partial charge in [0.25, 0.3) is 0 Å². The zero-order chi connectivity index (χ0) is 16.2. The number of hydrogen-bond donors (Lipinski definition) is 2. The summed E-state index contributed by atoms with van der Waals surface area (Å²) in [5.41, 5.74) is 1.33. The third kappa shape index (κ3) is 6.89. The molecule has 7 heteroatoms. The molecule has 130 valence electrons. The van der Waals surface area contributed by atoms with E-state index >= 15 is 0 Å². The van der Waals surface area contributed by atoms with Crippen molar-refractivity contribution in [1.29, 1.82) is 0 Å². The molecule has 0 unspecified atom stereocenters. The third-order valence-corrected chi connectivity index (χ3v) is 5.88. The number of benzene rings is 1. The molecule has 1 aromatic carbocycles. The summed E-state index contributed by atoms with van der Waals surface area (Å²) in [6.45, 7) is 4.52. The van der Waals surface area contributed by atoms with Crippen LogP contribution in [0.3, 0.4) is 0 Å². The van der Waals surface area contributed by atoms with E-state index in [1.165, 1.54) is 12.8 Å². The number of nitrogens with one attached hydrogen (secondary N) is 2. The zero-order valence-electron chi connectivity index (χ0n) is 13.5. The molecule has 0 aliphatic heterocycles. The molecule has 1 aliphatic rings. The van der Waals surface area contributed by atoms with Gasteiger partial charge in [-0.1, -0.05) is 12.1 Å².